The van der Waals surface area contributed by atoms with Gasteiger partial charge in [0.25, 0.3) is 5.91 Å². The van der Waals surface area contributed by atoms with Crippen LogP contribution < -0.4 is 10.1 Å². The summed E-state index contributed by atoms with van der Waals surface area (Å²) in [6.45, 7) is -0.401. The van der Waals surface area contributed by atoms with Gasteiger partial charge in [0.05, 0.1) is 18.1 Å². The lowest BCUT2D eigenvalue weighted by molar-refractivity contribution is -0.352. The summed E-state index contributed by atoms with van der Waals surface area (Å²) in [4.78, 5) is 12.3. The number of nitrogens with zero attached hydrogens (tertiary/aromatic N) is 2. The molecule has 2 N–H and O–H groups in total. The lowest BCUT2D eigenvalue weighted by atomic mass is 9.39. The van der Waals surface area contributed by atoms with Gasteiger partial charge in [-0.25, -0.2) is 0 Å². The van der Waals surface area contributed by atoms with Crippen molar-refractivity contribution in [3.05, 3.63) is 40.6 Å². The average molecular weight is 488 g/mol. The number of halogens is 4. The van der Waals surface area contributed by atoms with Crippen molar-refractivity contribution in [2.75, 3.05) is 6.61 Å². The lowest BCUT2D eigenvalue weighted by Gasteiger charge is -2.68. The molecule has 178 valence electrons. The summed E-state index contributed by atoms with van der Waals surface area (Å²) in [6.07, 6.45) is -3.14. The molecule has 0 spiro atoms. The van der Waals surface area contributed by atoms with Crippen molar-refractivity contribution >= 4 is 17.5 Å². The van der Waals surface area contributed by atoms with E-state index >= 15 is 0 Å². The molecule has 0 aliphatic heterocycles. The Morgan fingerprint density at radius 2 is 2.00 bits per heavy atom. The van der Waals surface area contributed by atoms with Crippen LogP contribution in [0.5, 0.6) is 5.75 Å². The molecule has 2 aromatic rings. The third kappa shape index (κ3) is 4.29. The van der Waals surface area contributed by atoms with Crippen molar-refractivity contribution in [1.29, 1.82) is 0 Å². The molecule has 1 aromatic carbocycles. The molecular formula is C21H21ClF3N3O5. The highest BCUT2D eigenvalue weighted by Crippen LogP contribution is 2.67. The van der Waals surface area contributed by atoms with E-state index in [1.54, 1.807) is 18.2 Å². The van der Waals surface area contributed by atoms with Crippen LogP contribution in [0.2, 0.25) is 5.02 Å². The van der Waals surface area contributed by atoms with Gasteiger partial charge in [0, 0.05) is 16.5 Å². The van der Waals surface area contributed by atoms with Crippen LogP contribution in [0.3, 0.4) is 0 Å². The van der Waals surface area contributed by atoms with Crippen LogP contribution in [0, 0.1) is 0 Å². The molecule has 0 radical (unpaired) electrons. The van der Waals surface area contributed by atoms with Crippen LogP contribution in [-0.2, 0) is 21.6 Å². The number of aliphatic hydroxyl groups is 1. The smallest absolute Gasteiger partial charge is 0.484 e. The van der Waals surface area contributed by atoms with Gasteiger partial charge in [-0.05, 0) is 55.9 Å². The lowest BCUT2D eigenvalue weighted by Crippen LogP contribution is -2.77. The molecule has 4 aliphatic carbocycles. The highest BCUT2D eigenvalue weighted by atomic mass is 35.5. The van der Waals surface area contributed by atoms with E-state index in [2.05, 4.69) is 20.3 Å². The SMILES string of the molecule is O=C(COc1ccc(Cl)c(CO)c1)NC12CC(c3nnc([C@H]4C[C@@H](OC(F)(F)F)C4)o3)(C1)C2. The highest BCUT2D eigenvalue weighted by molar-refractivity contribution is 6.31. The van der Waals surface area contributed by atoms with Crippen LogP contribution >= 0.6 is 11.6 Å². The second-order valence-corrected chi connectivity index (χ2v) is 9.55. The highest BCUT2D eigenvalue weighted by Gasteiger charge is 2.72. The Balaban J connectivity index is 1.08. The number of aliphatic hydroxyl groups excluding tert-OH is 1. The molecule has 0 unspecified atom stereocenters. The molecule has 0 atom stereocenters. The number of ether oxygens (including phenoxy) is 2. The number of hydrogen-bond donors (Lipinski definition) is 2. The monoisotopic (exact) mass is 487 g/mol. The van der Waals surface area contributed by atoms with Gasteiger partial charge in [0.2, 0.25) is 11.8 Å². The number of carbonyl (C=O) groups is 1. The predicted molar refractivity (Wildman–Crippen MR) is 106 cm³/mol. The first kappa shape index (κ1) is 22.4. The topological polar surface area (TPSA) is 107 Å². The molecule has 6 rings (SSSR count). The Morgan fingerprint density at radius 1 is 1.27 bits per heavy atom. The molecule has 8 nitrogen and oxygen atoms in total. The molecule has 1 amide bonds. The van der Waals surface area contributed by atoms with Crippen LogP contribution in [-0.4, -0.2) is 45.8 Å². The molecule has 1 aromatic heterocycles. The van der Waals surface area contributed by atoms with Crippen LogP contribution in [0.15, 0.2) is 22.6 Å². The average Bonchev–Trinajstić information content (AvgIpc) is 3.13. The standard InChI is InChI=1S/C21H21ClF3N3O5/c22-15-2-1-13(5-12(15)6-29)31-7-16(30)26-20-8-19(9-20,10-20)18-28-27-17(32-18)11-3-14(4-11)33-21(23,24)25/h1-2,5,11,14,29H,3-4,6-10H2,(H,26,30)/t11-,14+,19?,20?. The van der Waals surface area contributed by atoms with Gasteiger partial charge >= 0.3 is 6.36 Å². The number of benzene rings is 1. The molecule has 0 saturated heterocycles. The number of rotatable bonds is 8. The normalized spacial score (nSPS) is 30.1. The third-order valence-electron chi connectivity index (χ3n) is 6.63. The predicted octanol–water partition coefficient (Wildman–Crippen LogP) is 3.37. The second kappa shape index (κ2) is 7.85. The zero-order valence-electron chi connectivity index (χ0n) is 17.3. The minimum Gasteiger partial charge on any atom is -0.484 e. The van der Waals surface area contributed by atoms with Crippen molar-refractivity contribution in [3.63, 3.8) is 0 Å². The van der Waals surface area contributed by atoms with E-state index in [1.165, 1.54) is 0 Å². The van der Waals surface area contributed by atoms with Gasteiger partial charge in [0.15, 0.2) is 6.61 Å². The molecule has 2 bridgehead atoms. The Bertz CT molecular complexity index is 1050. The Morgan fingerprint density at radius 3 is 2.67 bits per heavy atom. The minimum absolute atomic E-state index is 0.172. The summed E-state index contributed by atoms with van der Waals surface area (Å²) in [7, 11) is 0. The largest absolute Gasteiger partial charge is 0.522 e. The molecule has 4 fully saturated rings. The summed E-state index contributed by atoms with van der Waals surface area (Å²) in [5.41, 5.74) is -0.0925. The maximum atomic E-state index is 12.3. The van der Waals surface area contributed by atoms with Gasteiger partial charge in [-0.3, -0.25) is 9.53 Å². The van der Waals surface area contributed by atoms with Gasteiger partial charge in [-0.2, -0.15) is 0 Å². The van der Waals surface area contributed by atoms with E-state index in [9.17, 15) is 23.1 Å². The molecule has 4 aliphatic rings. The maximum Gasteiger partial charge on any atom is 0.522 e. The van der Waals surface area contributed by atoms with E-state index in [0.29, 0.717) is 47.4 Å². The number of carbonyl (C=O) groups excluding carboxylic acids is 1. The van der Waals surface area contributed by atoms with Gasteiger partial charge in [-0.15, -0.1) is 23.4 Å². The molecule has 1 heterocycles. The first-order valence-corrected chi connectivity index (χ1v) is 10.9. The fourth-order valence-electron chi connectivity index (χ4n) is 5.06. The summed E-state index contributed by atoms with van der Waals surface area (Å²) in [5.74, 6) is 0.761. The Hall–Kier alpha value is -2.37. The van der Waals surface area contributed by atoms with Crippen LogP contribution in [0.1, 0.15) is 55.4 Å². The molecular weight excluding hydrogens is 467 g/mol. The summed E-state index contributed by atoms with van der Waals surface area (Å²) >= 11 is 5.94. The number of nitrogens with one attached hydrogen (secondary N) is 1. The Labute approximate surface area is 191 Å². The minimum atomic E-state index is -4.64. The van der Waals surface area contributed by atoms with Gasteiger partial charge < -0.3 is 19.6 Å². The molecule has 12 heteroatoms. The van der Waals surface area contributed by atoms with Crippen molar-refractivity contribution in [3.8, 4) is 5.75 Å². The van der Waals surface area contributed by atoms with Crippen molar-refractivity contribution in [1.82, 2.24) is 15.5 Å². The van der Waals surface area contributed by atoms with Gasteiger partial charge in [-0.1, -0.05) is 11.6 Å². The van der Waals surface area contributed by atoms with E-state index in [0.717, 1.165) is 0 Å². The van der Waals surface area contributed by atoms with Crippen molar-refractivity contribution < 1.29 is 37.0 Å². The zero-order valence-corrected chi connectivity index (χ0v) is 18.1. The van der Waals surface area contributed by atoms with E-state index in [1.807, 2.05) is 0 Å². The maximum absolute atomic E-state index is 12.3. The van der Waals surface area contributed by atoms with E-state index < -0.39 is 12.5 Å². The second-order valence-electron chi connectivity index (χ2n) is 9.14. The summed E-state index contributed by atoms with van der Waals surface area (Å²) in [5, 5.41) is 20.8. The van der Waals surface area contributed by atoms with Crippen LogP contribution in [0.25, 0.3) is 0 Å². The van der Waals surface area contributed by atoms with Crippen molar-refractivity contribution in [2.45, 2.75) is 68.0 Å². The van der Waals surface area contributed by atoms with E-state index in [-0.39, 0.29) is 48.8 Å². The van der Waals surface area contributed by atoms with Crippen LogP contribution in [0.4, 0.5) is 13.2 Å². The fourth-order valence-corrected chi connectivity index (χ4v) is 5.23. The number of aromatic nitrogens is 2. The summed E-state index contributed by atoms with van der Waals surface area (Å²) < 4.78 is 52.0. The number of hydrogen-bond acceptors (Lipinski definition) is 7. The Kier molecular flexibility index (Phi) is 5.33. The fraction of sp³-hybridized carbons (Fsp3) is 0.571. The number of amides is 1. The zero-order chi connectivity index (χ0) is 23.4. The van der Waals surface area contributed by atoms with E-state index in [4.69, 9.17) is 20.8 Å². The summed E-state index contributed by atoms with van der Waals surface area (Å²) in [6, 6.07) is 4.80. The quantitative estimate of drug-likeness (QED) is 0.588. The number of alkyl halides is 3. The first-order chi connectivity index (χ1) is 15.6. The molecule has 4 saturated carbocycles. The van der Waals surface area contributed by atoms with Gasteiger partial charge in [0.1, 0.15) is 5.75 Å². The third-order valence-corrected chi connectivity index (χ3v) is 7.00. The first-order valence-electron chi connectivity index (χ1n) is 10.5. The molecule has 33 heavy (non-hydrogen) atoms. The van der Waals surface area contributed by atoms with Crippen molar-refractivity contribution in [2.24, 2.45) is 0 Å².